The van der Waals surface area contributed by atoms with Gasteiger partial charge in [0.2, 0.25) is 0 Å². The topological polar surface area (TPSA) is 20.2 Å². The lowest BCUT2D eigenvalue weighted by molar-refractivity contribution is 0.0965. The Morgan fingerprint density at radius 2 is 2.00 bits per heavy atom. The van der Waals surface area contributed by atoms with Crippen LogP contribution in [0.4, 0.5) is 0 Å². The first-order valence-electron chi connectivity index (χ1n) is 5.64. The third-order valence-corrected chi connectivity index (χ3v) is 3.12. The van der Waals surface area contributed by atoms with Gasteiger partial charge in [0.25, 0.3) is 0 Å². The summed E-state index contributed by atoms with van der Waals surface area (Å²) in [5.41, 5.74) is 1.76. The number of allylic oxidation sites excluding steroid dienone is 1. The lowest BCUT2D eigenvalue weighted by atomic mass is 9.88. The quantitative estimate of drug-likeness (QED) is 0.747. The van der Waals surface area contributed by atoms with Crippen LogP contribution in [0.15, 0.2) is 42.0 Å². The maximum atomic E-state index is 10.4. The first-order valence-corrected chi connectivity index (χ1v) is 5.64. The van der Waals surface area contributed by atoms with Gasteiger partial charge in [0.1, 0.15) is 0 Å². The van der Waals surface area contributed by atoms with Crippen LogP contribution >= 0.6 is 0 Å². The molecule has 1 unspecified atom stereocenters. The van der Waals surface area contributed by atoms with Gasteiger partial charge in [-0.1, -0.05) is 36.4 Å². The number of rotatable bonds is 3. The molecule has 0 aliphatic heterocycles. The minimum atomic E-state index is -0.655. The third kappa shape index (κ3) is 2.48. The minimum absolute atomic E-state index is 0.655. The minimum Gasteiger partial charge on any atom is -0.385 e. The van der Waals surface area contributed by atoms with Crippen LogP contribution in [-0.2, 0) is 6.42 Å². The van der Waals surface area contributed by atoms with Crippen molar-refractivity contribution < 1.29 is 5.11 Å². The molecule has 0 saturated heterocycles. The van der Waals surface area contributed by atoms with E-state index >= 15 is 0 Å². The third-order valence-electron chi connectivity index (χ3n) is 3.12. The van der Waals surface area contributed by atoms with E-state index in [9.17, 15) is 5.11 Å². The van der Waals surface area contributed by atoms with Crippen molar-refractivity contribution in [2.75, 3.05) is 0 Å². The first kappa shape index (κ1) is 10.4. The number of aliphatic hydroxyl groups is 1. The number of benzene rings is 1. The van der Waals surface area contributed by atoms with Crippen LogP contribution in [0.5, 0.6) is 0 Å². The molecule has 1 aliphatic rings. The van der Waals surface area contributed by atoms with Gasteiger partial charge in [0.05, 0.1) is 5.60 Å². The molecule has 1 N–H and O–H groups in total. The molecule has 0 bridgehead atoms. The van der Waals surface area contributed by atoms with Crippen molar-refractivity contribution in [1.82, 2.24) is 0 Å². The van der Waals surface area contributed by atoms with E-state index in [4.69, 9.17) is 0 Å². The summed E-state index contributed by atoms with van der Waals surface area (Å²) in [6.07, 6.45) is 6.29. The molecular formula is C14H18O. The van der Waals surface area contributed by atoms with Crippen molar-refractivity contribution in [2.45, 2.75) is 38.2 Å². The molecule has 1 aromatic carbocycles. The highest BCUT2D eigenvalue weighted by atomic mass is 16.3. The van der Waals surface area contributed by atoms with E-state index in [0.29, 0.717) is 0 Å². The summed E-state index contributed by atoms with van der Waals surface area (Å²) in [6, 6.07) is 10.2. The van der Waals surface area contributed by atoms with Crippen molar-refractivity contribution in [1.29, 1.82) is 0 Å². The Balaban J connectivity index is 2.10. The molecule has 0 saturated carbocycles. The van der Waals surface area contributed by atoms with Gasteiger partial charge < -0.3 is 5.11 Å². The Labute approximate surface area is 91.4 Å². The maximum absolute atomic E-state index is 10.4. The van der Waals surface area contributed by atoms with E-state index in [-0.39, 0.29) is 0 Å². The van der Waals surface area contributed by atoms with Gasteiger partial charge in [-0.15, -0.1) is 0 Å². The molecule has 0 amide bonds. The zero-order chi connectivity index (χ0) is 10.7. The summed E-state index contributed by atoms with van der Waals surface area (Å²) < 4.78 is 0. The van der Waals surface area contributed by atoms with Gasteiger partial charge in [-0.3, -0.25) is 0 Å². The SMILES string of the molecule is CC(O)(Cc1ccccc1)C1=CCCC1. The fraction of sp³-hybridized carbons (Fsp3) is 0.429. The monoisotopic (exact) mass is 202 g/mol. The molecule has 1 aromatic rings. The highest BCUT2D eigenvalue weighted by molar-refractivity contribution is 5.25. The second-order valence-electron chi connectivity index (χ2n) is 4.56. The van der Waals surface area contributed by atoms with Crippen LogP contribution in [0.1, 0.15) is 31.7 Å². The van der Waals surface area contributed by atoms with E-state index in [1.165, 1.54) is 17.6 Å². The molecule has 1 aliphatic carbocycles. The Kier molecular flexibility index (Phi) is 2.92. The molecule has 0 fully saturated rings. The van der Waals surface area contributed by atoms with E-state index in [2.05, 4.69) is 18.2 Å². The summed E-state index contributed by atoms with van der Waals surface area (Å²) in [6.45, 7) is 1.93. The van der Waals surface area contributed by atoms with E-state index in [0.717, 1.165) is 19.3 Å². The zero-order valence-electron chi connectivity index (χ0n) is 9.24. The highest BCUT2D eigenvalue weighted by Gasteiger charge is 2.27. The predicted octanol–water partition coefficient (Wildman–Crippen LogP) is 3.09. The second kappa shape index (κ2) is 4.19. The lowest BCUT2D eigenvalue weighted by Crippen LogP contribution is -2.29. The molecule has 0 aromatic heterocycles. The standard InChI is InChI=1S/C14H18O/c1-14(15,13-9-5-6-10-13)11-12-7-3-2-4-8-12/h2-4,7-9,15H,5-6,10-11H2,1H3. The molecule has 2 rings (SSSR count). The van der Waals surface area contributed by atoms with Gasteiger partial charge in [-0.05, 0) is 37.3 Å². The molecule has 1 atom stereocenters. The van der Waals surface area contributed by atoms with Crippen molar-refractivity contribution in [3.63, 3.8) is 0 Å². The Morgan fingerprint density at radius 3 is 2.60 bits per heavy atom. The normalized spacial score (nSPS) is 19.7. The molecule has 1 heteroatoms. The molecular weight excluding hydrogens is 184 g/mol. The summed E-state index contributed by atoms with van der Waals surface area (Å²) >= 11 is 0. The van der Waals surface area contributed by atoms with Crippen LogP contribution in [-0.4, -0.2) is 10.7 Å². The van der Waals surface area contributed by atoms with Gasteiger partial charge in [-0.25, -0.2) is 0 Å². The van der Waals surface area contributed by atoms with Crippen molar-refractivity contribution in [3.8, 4) is 0 Å². The summed E-state index contributed by atoms with van der Waals surface area (Å²) in [4.78, 5) is 0. The van der Waals surface area contributed by atoms with Gasteiger partial charge in [-0.2, -0.15) is 0 Å². The van der Waals surface area contributed by atoms with Gasteiger partial charge >= 0.3 is 0 Å². The summed E-state index contributed by atoms with van der Waals surface area (Å²) in [5, 5.41) is 10.4. The Morgan fingerprint density at radius 1 is 1.27 bits per heavy atom. The highest BCUT2D eigenvalue weighted by Crippen LogP contribution is 2.30. The Bertz CT molecular complexity index is 349. The van der Waals surface area contributed by atoms with Crippen LogP contribution < -0.4 is 0 Å². The average molecular weight is 202 g/mol. The smallest absolute Gasteiger partial charge is 0.0868 e. The molecule has 15 heavy (non-hydrogen) atoms. The van der Waals surface area contributed by atoms with E-state index in [1.54, 1.807) is 0 Å². The number of hydrogen-bond donors (Lipinski definition) is 1. The number of hydrogen-bond acceptors (Lipinski definition) is 1. The second-order valence-corrected chi connectivity index (χ2v) is 4.56. The predicted molar refractivity (Wildman–Crippen MR) is 62.7 cm³/mol. The summed E-state index contributed by atoms with van der Waals surface area (Å²) in [7, 11) is 0. The van der Waals surface area contributed by atoms with Crippen molar-refractivity contribution in [3.05, 3.63) is 47.5 Å². The molecule has 0 heterocycles. The summed E-state index contributed by atoms with van der Waals surface area (Å²) in [5.74, 6) is 0. The van der Waals surface area contributed by atoms with Crippen LogP contribution in [0, 0.1) is 0 Å². The Hall–Kier alpha value is -1.08. The van der Waals surface area contributed by atoms with Crippen LogP contribution in [0.3, 0.4) is 0 Å². The largest absolute Gasteiger partial charge is 0.385 e. The molecule has 0 radical (unpaired) electrons. The molecule has 0 spiro atoms. The first-order chi connectivity index (χ1) is 7.18. The average Bonchev–Trinajstić information content (AvgIpc) is 2.71. The van der Waals surface area contributed by atoms with Crippen LogP contribution in [0.25, 0.3) is 0 Å². The zero-order valence-corrected chi connectivity index (χ0v) is 9.24. The van der Waals surface area contributed by atoms with Crippen LogP contribution in [0.2, 0.25) is 0 Å². The lowest BCUT2D eigenvalue weighted by Gasteiger charge is -2.25. The van der Waals surface area contributed by atoms with Crippen molar-refractivity contribution in [2.24, 2.45) is 0 Å². The maximum Gasteiger partial charge on any atom is 0.0868 e. The van der Waals surface area contributed by atoms with Crippen molar-refractivity contribution >= 4 is 0 Å². The van der Waals surface area contributed by atoms with Gasteiger partial charge in [0, 0.05) is 6.42 Å². The van der Waals surface area contributed by atoms with E-state index < -0.39 is 5.60 Å². The fourth-order valence-electron chi connectivity index (χ4n) is 2.27. The van der Waals surface area contributed by atoms with E-state index in [1.807, 2.05) is 25.1 Å². The van der Waals surface area contributed by atoms with Gasteiger partial charge in [0.15, 0.2) is 0 Å². The molecule has 1 nitrogen and oxygen atoms in total. The molecule has 80 valence electrons. The fourth-order valence-corrected chi connectivity index (χ4v) is 2.27.